The maximum absolute atomic E-state index is 4.35. The van der Waals surface area contributed by atoms with Crippen molar-refractivity contribution in [2.45, 2.75) is 32.9 Å². The number of aryl methyl sites for hydroxylation is 1. The van der Waals surface area contributed by atoms with Crippen LogP contribution >= 0.6 is 11.3 Å². The molecule has 1 N–H and O–H groups in total. The second-order valence-corrected chi connectivity index (χ2v) is 5.52. The Hall–Kier alpha value is -1.26. The second-order valence-electron chi connectivity index (χ2n) is 4.62. The van der Waals surface area contributed by atoms with Crippen LogP contribution in [-0.4, -0.2) is 9.97 Å². The molecule has 0 atom stereocenters. The van der Waals surface area contributed by atoms with Crippen molar-refractivity contribution in [2.24, 2.45) is 0 Å². The summed E-state index contributed by atoms with van der Waals surface area (Å²) < 4.78 is 0. The van der Waals surface area contributed by atoms with Crippen LogP contribution in [0.4, 0.5) is 0 Å². The van der Waals surface area contributed by atoms with Crippen LogP contribution in [0.3, 0.4) is 0 Å². The second kappa shape index (κ2) is 4.94. The van der Waals surface area contributed by atoms with Gasteiger partial charge in [-0.25, -0.2) is 4.98 Å². The van der Waals surface area contributed by atoms with Crippen molar-refractivity contribution >= 4 is 11.3 Å². The van der Waals surface area contributed by atoms with Gasteiger partial charge in [0.1, 0.15) is 5.01 Å². The average Bonchev–Trinajstić information content (AvgIpc) is 2.82. The Labute approximate surface area is 106 Å². The van der Waals surface area contributed by atoms with E-state index in [0.29, 0.717) is 0 Å². The number of aromatic nitrogens is 2. The smallest absolute Gasteiger partial charge is 0.112 e. The van der Waals surface area contributed by atoms with E-state index in [4.69, 9.17) is 0 Å². The third kappa shape index (κ3) is 3.11. The molecule has 0 aliphatic heterocycles. The molecular weight excluding hydrogens is 230 g/mol. The molecule has 2 aromatic heterocycles. The molecule has 90 valence electrons. The lowest BCUT2D eigenvalue weighted by Gasteiger charge is -2.23. The van der Waals surface area contributed by atoms with Gasteiger partial charge in [0.05, 0.1) is 5.54 Å². The highest BCUT2D eigenvalue weighted by molar-refractivity contribution is 7.09. The molecule has 0 saturated carbocycles. The van der Waals surface area contributed by atoms with E-state index in [1.54, 1.807) is 11.3 Å². The zero-order valence-corrected chi connectivity index (χ0v) is 11.2. The van der Waals surface area contributed by atoms with Gasteiger partial charge in [0.25, 0.3) is 0 Å². The molecule has 0 aliphatic carbocycles. The molecule has 2 heterocycles. The molecular formula is C13H17N3S. The van der Waals surface area contributed by atoms with Crippen molar-refractivity contribution in [2.75, 3.05) is 0 Å². The Morgan fingerprint density at radius 1 is 1.29 bits per heavy atom. The topological polar surface area (TPSA) is 37.8 Å². The zero-order valence-electron chi connectivity index (χ0n) is 10.4. The number of pyridine rings is 1. The van der Waals surface area contributed by atoms with Crippen molar-refractivity contribution in [3.05, 3.63) is 46.2 Å². The minimum atomic E-state index is -0.0982. The van der Waals surface area contributed by atoms with Crippen LogP contribution in [0.1, 0.15) is 30.1 Å². The highest BCUT2D eigenvalue weighted by Gasteiger charge is 2.22. The lowest BCUT2D eigenvalue weighted by Crippen LogP contribution is -2.35. The predicted octanol–water partition coefficient (Wildman–Crippen LogP) is 2.87. The van der Waals surface area contributed by atoms with E-state index in [1.165, 1.54) is 5.56 Å². The minimum absolute atomic E-state index is 0.0982. The molecule has 4 heteroatoms. The third-order valence-corrected chi connectivity index (χ3v) is 3.77. The molecule has 0 aliphatic rings. The molecule has 17 heavy (non-hydrogen) atoms. The first-order valence-electron chi connectivity index (χ1n) is 5.64. The van der Waals surface area contributed by atoms with Crippen molar-refractivity contribution in [1.82, 2.24) is 15.3 Å². The number of nitrogens with one attached hydrogen (secondary N) is 1. The SMILES string of the molecule is Cc1ccc(CNC(C)(C)c2nccs2)cn1. The van der Waals surface area contributed by atoms with Crippen LogP contribution in [0.15, 0.2) is 29.9 Å². The van der Waals surface area contributed by atoms with E-state index in [2.05, 4.69) is 35.2 Å². The standard InChI is InChI=1S/C13H17N3S/c1-10-4-5-11(8-15-10)9-16-13(2,3)12-14-6-7-17-12/h4-8,16H,9H2,1-3H3. The summed E-state index contributed by atoms with van der Waals surface area (Å²) in [6.07, 6.45) is 3.76. The molecule has 2 rings (SSSR count). The Morgan fingerprint density at radius 2 is 2.12 bits per heavy atom. The van der Waals surface area contributed by atoms with Crippen molar-refractivity contribution in [1.29, 1.82) is 0 Å². The summed E-state index contributed by atoms with van der Waals surface area (Å²) >= 11 is 1.68. The Morgan fingerprint density at radius 3 is 2.71 bits per heavy atom. The third-order valence-electron chi connectivity index (χ3n) is 2.67. The molecule has 0 amide bonds. The number of hydrogen-bond acceptors (Lipinski definition) is 4. The Kier molecular flexibility index (Phi) is 3.54. The van der Waals surface area contributed by atoms with Crippen molar-refractivity contribution in [3.63, 3.8) is 0 Å². The zero-order chi connectivity index (χ0) is 12.3. The van der Waals surface area contributed by atoms with Gasteiger partial charge in [0.15, 0.2) is 0 Å². The number of rotatable bonds is 4. The fraction of sp³-hybridized carbons (Fsp3) is 0.385. The number of hydrogen-bond donors (Lipinski definition) is 1. The maximum atomic E-state index is 4.35. The highest BCUT2D eigenvalue weighted by Crippen LogP contribution is 2.22. The first-order valence-corrected chi connectivity index (χ1v) is 6.52. The summed E-state index contributed by atoms with van der Waals surface area (Å²) in [6, 6.07) is 4.14. The van der Waals surface area contributed by atoms with E-state index in [9.17, 15) is 0 Å². The summed E-state index contributed by atoms with van der Waals surface area (Å²) in [7, 11) is 0. The highest BCUT2D eigenvalue weighted by atomic mass is 32.1. The van der Waals surface area contributed by atoms with Crippen LogP contribution in [-0.2, 0) is 12.1 Å². The van der Waals surface area contributed by atoms with E-state index in [1.807, 2.05) is 30.8 Å². The van der Waals surface area contributed by atoms with E-state index >= 15 is 0 Å². The predicted molar refractivity (Wildman–Crippen MR) is 71.0 cm³/mol. The normalized spacial score (nSPS) is 11.7. The van der Waals surface area contributed by atoms with E-state index in [0.717, 1.165) is 17.2 Å². The minimum Gasteiger partial charge on any atom is -0.302 e. The fourth-order valence-electron chi connectivity index (χ4n) is 1.53. The maximum Gasteiger partial charge on any atom is 0.112 e. The van der Waals surface area contributed by atoms with Crippen molar-refractivity contribution < 1.29 is 0 Å². The Bertz CT molecular complexity index is 460. The van der Waals surface area contributed by atoms with E-state index < -0.39 is 0 Å². The van der Waals surface area contributed by atoms with Crippen LogP contribution in [0.5, 0.6) is 0 Å². The first kappa shape index (κ1) is 12.2. The van der Waals surface area contributed by atoms with Crippen LogP contribution in [0.25, 0.3) is 0 Å². The van der Waals surface area contributed by atoms with Gasteiger partial charge in [-0.1, -0.05) is 6.07 Å². The van der Waals surface area contributed by atoms with Gasteiger partial charge in [-0.2, -0.15) is 0 Å². The molecule has 0 fully saturated rings. The Balaban J connectivity index is 2.00. The monoisotopic (exact) mass is 247 g/mol. The first-order chi connectivity index (χ1) is 8.08. The van der Waals surface area contributed by atoms with Crippen molar-refractivity contribution in [3.8, 4) is 0 Å². The average molecular weight is 247 g/mol. The number of nitrogens with zero attached hydrogens (tertiary/aromatic N) is 2. The summed E-state index contributed by atoms with van der Waals surface area (Å²) in [5, 5.41) is 6.62. The lowest BCUT2D eigenvalue weighted by molar-refractivity contribution is 0.399. The van der Waals surface area contributed by atoms with Gasteiger partial charge < -0.3 is 5.32 Å². The van der Waals surface area contributed by atoms with Gasteiger partial charge in [-0.15, -0.1) is 11.3 Å². The molecule has 0 spiro atoms. The van der Waals surface area contributed by atoms with Gasteiger partial charge in [0, 0.05) is 30.0 Å². The molecule has 3 nitrogen and oxygen atoms in total. The number of thiazole rings is 1. The fourth-order valence-corrected chi connectivity index (χ4v) is 2.27. The largest absolute Gasteiger partial charge is 0.302 e. The van der Waals surface area contributed by atoms with Gasteiger partial charge in [-0.3, -0.25) is 4.98 Å². The molecule has 2 aromatic rings. The molecule has 0 radical (unpaired) electrons. The van der Waals surface area contributed by atoms with E-state index in [-0.39, 0.29) is 5.54 Å². The molecule has 0 bridgehead atoms. The summed E-state index contributed by atoms with van der Waals surface area (Å²) in [5.74, 6) is 0. The van der Waals surface area contributed by atoms with Gasteiger partial charge >= 0.3 is 0 Å². The lowest BCUT2D eigenvalue weighted by atomic mass is 10.1. The van der Waals surface area contributed by atoms with Crippen LogP contribution < -0.4 is 5.32 Å². The molecule has 0 saturated heterocycles. The summed E-state index contributed by atoms with van der Waals surface area (Å²) in [5.41, 5.74) is 2.15. The molecule has 0 unspecified atom stereocenters. The molecule has 0 aromatic carbocycles. The van der Waals surface area contributed by atoms with Gasteiger partial charge in [-0.05, 0) is 32.4 Å². The van der Waals surface area contributed by atoms with Gasteiger partial charge in [0.2, 0.25) is 0 Å². The van der Waals surface area contributed by atoms with Crippen LogP contribution in [0, 0.1) is 6.92 Å². The summed E-state index contributed by atoms with van der Waals surface area (Å²) in [4.78, 5) is 8.64. The summed E-state index contributed by atoms with van der Waals surface area (Å²) in [6.45, 7) is 7.09. The quantitative estimate of drug-likeness (QED) is 0.902. The van der Waals surface area contributed by atoms with Crippen LogP contribution in [0.2, 0.25) is 0 Å².